The van der Waals surface area contributed by atoms with Crippen LogP contribution in [0.5, 0.6) is 0 Å². The zero-order valence-corrected chi connectivity index (χ0v) is 10.8. The molecule has 1 rings (SSSR count). The minimum atomic E-state index is -0.413. The van der Waals surface area contributed by atoms with Gasteiger partial charge in [0.05, 0.1) is 5.92 Å². The molecule has 0 aromatic heterocycles. The molecule has 0 radical (unpaired) electrons. The van der Waals surface area contributed by atoms with Gasteiger partial charge in [-0.2, -0.15) is 0 Å². The number of carbonyl (C=O) groups is 2. The minimum absolute atomic E-state index is 0. The van der Waals surface area contributed by atoms with Crippen LogP contribution in [0.4, 0.5) is 0 Å². The van der Waals surface area contributed by atoms with Gasteiger partial charge >= 0.3 is 0 Å². The van der Waals surface area contributed by atoms with Crippen molar-refractivity contribution in [2.24, 2.45) is 11.7 Å². The molecule has 1 aliphatic rings. The standard InChI is InChI=1S/C10H19N3O2.ClH/c1-10(2,11)6-12-9(15)7-4-8(14)13(3)5-7;/h7H,4-6,11H2,1-3H3,(H,12,15);1H. The number of nitrogens with zero attached hydrogens (tertiary/aromatic N) is 1. The van der Waals surface area contributed by atoms with Crippen molar-refractivity contribution in [1.82, 2.24) is 10.2 Å². The third-order valence-electron chi connectivity index (χ3n) is 2.43. The van der Waals surface area contributed by atoms with Gasteiger partial charge in [0, 0.05) is 32.1 Å². The second kappa shape index (κ2) is 5.50. The summed E-state index contributed by atoms with van der Waals surface area (Å²) in [6.45, 7) is 4.63. The fourth-order valence-corrected chi connectivity index (χ4v) is 1.50. The number of hydrogen-bond donors (Lipinski definition) is 2. The Hall–Kier alpha value is -0.810. The van der Waals surface area contributed by atoms with Crippen LogP contribution in [0, 0.1) is 5.92 Å². The Morgan fingerprint density at radius 1 is 1.62 bits per heavy atom. The molecular formula is C10H20ClN3O2. The van der Waals surface area contributed by atoms with Gasteiger partial charge in [-0.1, -0.05) is 0 Å². The normalized spacial score (nSPS) is 20.6. The smallest absolute Gasteiger partial charge is 0.225 e. The highest BCUT2D eigenvalue weighted by Gasteiger charge is 2.32. The van der Waals surface area contributed by atoms with E-state index in [-0.39, 0.29) is 30.1 Å². The Kier molecular flexibility index (Phi) is 5.22. The predicted octanol–water partition coefficient (Wildman–Crippen LogP) is -0.260. The first-order valence-corrected chi connectivity index (χ1v) is 5.10. The summed E-state index contributed by atoms with van der Waals surface area (Å²) >= 11 is 0. The highest BCUT2D eigenvalue weighted by atomic mass is 35.5. The van der Waals surface area contributed by atoms with E-state index in [0.717, 1.165) is 0 Å². The van der Waals surface area contributed by atoms with Crippen LogP contribution in [0.15, 0.2) is 0 Å². The molecule has 1 atom stereocenters. The van der Waals surface area contributed by atoms with E-state index in [1.165, 1.54) is 0 Å². The molecule has 1 saturated heterocycles. The summed E-state index contributed by atoms with van der Waals surface area (Å²) in [6.07, 6.45) is 0.313. The average molecular weight is 250 g/mol. The summed E-state index contributed by atoms with van der Waals surface area (Å²) in [5.74, 6) is -0.266. The van der Waals surface area contributed by atoms with Gasteiger partial charge in [-0.15, -0.1) is 12.4 Å². The third kappa shape index (κ3) is 4.37. The van der Waals surface area contributed by atoms with Gasteiger partial charge in [-0.05, 0) is 13.8 Å². The van der Waals surface area contributed by atoms with Gasteiger partial charge in [-0.3, -0.25) is 9.59 Å². The third-order valence-corrected chi connectivity index (χ3v) is 2.43. The van der Waals surface area contributed by atoms with Crippen LogP contribution < -0.4 is 11.1 Å². The second-order valence-electron chi connectivity index (χ2n) is 4.88. The number of amides is 2. The van der Waals surface area contributed by atoms with E-state index in [9.17, 15) is 9.59 Å². The van der Waals surface area contributed by atoms with Crippen LogP contribution in [0.1, 0.15) is 20.3 Å². The summed E-state index contributed by atoms with van der Waals surface area (Å²) in [5.41, 5.74) is 5.33. The lowest BCUT2D eigenvalue weighted by Crippen LogP contribution is -2.46. The van der Waals surface area contributed by atoms with Gasteiger partial charge in [-0.25, -0.2) is 0 Å². The zero-order valence-electron chi connectivity index (χ0n) is 9.95. The first-order valence-electron chi connectivity index (χ1n) is 5.10. The molecule has 5 nitrogen and oxygen atoms in total. The summed E-state index contributed by atoms with van der Waals surface area (Å²) < 4.78 is 0. The molecule has 0 saturated carbocycles. The molecule has 94 valence electrons. The zero-order chi connectivity index (χ0) is 11.6. The van der Waals surface area contributed by atoms with Crippen molar-refractivity contribution in [1.29, 1.82) is 0 Å². The number of hydrogen-bond acceptors (Lipinski definition) is 3. The van der Waals surface area contributed by atoms with Crippen molar-refractivity contribution >= 4 is 24.2 Å². The largest absolute Gasteiger partial charge is 0.354 e. The molecule has 0 aromatic rings. The second-order valence-corrected chi connectivity index (χ2v) is 4.88. The number of nitrogens with one attached hydrogen (secondary N) is 1. The van der Waals surface area contributed by atoms with Crippen molar-refractivity contribution in [3.05, 3.63) is 0 Å². The van der Waals surface area contributed by atoms with Crippen LogP contribution in [-0.4, -0.2) is 42.4 Å². The van der Waals surface area contributed by atoms with Crippen LogP contribution in [0.25, 0.3) is 0 Å². The van der Waals surface area contributed by atoms with Crippen LogP contribution in [0.2, 0.25) is 0 Å². The van der Waals surface area contributed by atoms with Crippen molar-refractivity contribution in [3.63, 3.8) is 0 Å². The molecule has 0 aliphatic carbocycles. The molecular weight excluding hydrogens is 230 g/mol. The number of carbonyl (C=O) groups excluding carboxylic acids is 2. The van der Waals surface area contributed by atoms with Crippen LogP contribution >= 0.6 is 12.4 Å². The number of likely N-dealkylation sites (tertiary alicyclic amines) is 1. The average Bonchev–Trinajstić information content (AvgIpc) is 2.42. The monoisotopic (exact) mass is 249 g/mol. The predicted molar refractivity (Wildman–Crippen MR) is 64.3 cm³/mol. The van der Waals surface area contributed by atoms with E-state index in [4.69, 9.17) is 5.73 Å². The van der Waals surface area contributed by atoms with Crippen LogP contribution in [-0.2, 0) is 9.59 Å². The fourth-order valence-electron chi connectivity index (χ4n) is 1.50. The Balaban J connectivity index is 0.00000225. The topological polar surface area (TPSA) is 75.4 Å². The molecule has 1 aliphatic heterocycles. The summed E-state index contributed by atoms with van der Waals surface area (Å²) in [5, 5.41) is 2.76. The maximum atomic E-state index is 11.6. The minimum Gasteiger partial charge on any atom is -0.354 e. The van der Waals surface area contributed by atoms with E-state index in [2.05, 4.69) is 5.32 Å². The molecule has 0 aromatic carbocycles. The highest BCUT2D eigenvalue weighted by molar-refractivity contribution is 5.89. The SMILES string of the molecule is CN1CC(C(=O)NCC(C)(C)N)CC1=O.Cl. The molecule has 1 heterocycles. The lowest BCUT2D eigenvalue weighted by molar-refractivity contribution is -0.128. The Labute approximate surface area is 102 Å². The number of rotatable bonds is 3. The van der Waals surface area contributed by atoms with Crippen molar-refractivity contribution in [3.8, 4) is 0 Å². The van der Waals surface area contributed by atoms with E-state index in [1.807, 2.05) is 13.8 Å². The Morgan fingerprint density at radius 2 is 2.19 bits per heavy atom. The van der Waals surface area contributed by atoms with Crippen molar-refractivity contribution in [2.75, 3.05) is 20.1 Å². The molecule has 1 fully saturated rings. The molecule has 3 N–H and O–H groups in total. The molecule has 0 bridgehead atoms. The van der Waals surface area contributed by atoms with Crippen LogP contribution in [0.3, 0.4) is 0 Å². The maximum Gasteiger partial charge on any atom is 0.225 e. The van der Waals surface area contributed by atoms with Gasteiger partial charge < -0.3 is 16.0 Å². The summed E-state index contributed by atoms with van der Waals surface area (Å²) in [6, 6.07) is 0. The van der Waals surface area contributed by atoms with Gasteiger partial charge in [0.25, 0.3) is 0 Å². The first-order chi connectivity index (χ1) is 6.79. The van der Waals surface area contributed by atoms with E-state index < -0.39 is 5.54 Å². The van der Waals surface area contributed by atoms with Crippen molar-refractivity contribution < 1.29 is 9.59 Å². The van der Waals surface area contributed by atoms with Crippen molar-refractivity contribution in [2.45, 2.75) is 25.8 Å². The van der Waals surface area contributed by atoms with E-state index >= 15 is 0 Å². The number of halogens is 1. The summed E-state index contributed by atoms with van der Waals surface area (Å²) in [7, 11) is 1.71. The first kappa shape index (κ1) is 15.2. The quantitative estimate of drug-likeness (QED) is 0.724. The molecule has 16 heavy (non-hydrogen) atoms. The Morgan fingerprint density at radius 3 is 2.56 bits per heavy atom. The lowest BCUT2D eigenvalue weighted by atomic mass is 10.1. The highest BCUT2D eigenvalue weighted by Crippen LogP contribution is 2.15. The maximum absolute atomic E-state index is 11.6. The Bertz CT molecular complexity index is 276. The fraction of sp³-hybridized carbons (Fsp3) is 0.800. The number of nitrogens with two attached hydrogens (primary N) is 1. The lowest BCUT2D eigenvalue weighted by Gasteiger charge is -2.20. The van der Waals surface area contributed by atoms with Gasteiger partial charge in [0.15, 0.2) is 0 Å². The molecule has 6 heteroatoms. The molecule has 0 spiro atoms. The molecule has 2 amide bonds. The summed E-state index contributed by atoms with van der Waals surface area (Å²) in [4.78, 5) is 24.4. The van der Waals surface area contributed by atoms with Gasteiger partial charge in [0.2, 0.25) is 11.8 Å². The van der Waals surface area contributed by atoms with Gasteiger partial charge in [0.1, 0.15) is 0 Å². The molecule has 1 unspecified atom stereocenters. The van der Waals surface area contributed by atoms with E-state index in [0.29, 0.717) is 19.5 Å². The van der Waals surface area contributed by atoms with E-state index in [1.54, 1.807) is 11.9 Å².